The van der Waals surface area contributed by atoms with Gasteiger partial charge in [-0.2, -0.15) is 0 Å². The number of rotatable bonds is 4. The van der Waals surface area contributed by atoms with Crippen LogP contribution < -0.4 is 5.32 Å². The van der Waals surface area contributed by atoms with Crippen molar-refractivity contribution < 1.29 is 4.79 Å². The Morgan fingerprint density at radius 2 is 1.84 bits per heavy atom. The normalized spacial score (nSPS) is 9.53. The van der Waals surface area contributed by atoms with Crippen LogP contribution in [0.4, 0.5) is 5.69 Å². The van der Waals surface area contributed by atoms with Crippen molar-refractivity contribution in [3.05, 3.63) is 59.9 Å². The Labute approximate surface area is 130 Å². The van der Waals surface area contributed by atoms with Gasteiger partial charge in [-0.15, -0.1) is 24.0 Å². The largest absolute Gasteiger partial charge is 0.326 e. The van der Waals surface area contributed by atoms with Gasteiger partial charge in [-0.25, -0.2) is 0 Å². The van der Waals surface area contributed by atoms with E-state index >= 15 is 0 Å². The summed E-state index contributed by atoms with van der Waals surface area (Å²) in [6.07, 6.45) is 3.54. The standard InChI is InChI=1S/C15H16N2O.HI/c1-12(18)17-15-8-3-2-6-13(15)9-10-14-7-4-5-11-16-14;/h2-8,11H,9-10H2,1H3,(H,17,18);1H. The van der Waals surface area contributed by atoms with E-state index in [-0.39, 0.29) is 29.9 Å². The number of halogens is 1. The van der Waals surface area contributed by atoms with E-state index in [9.17, 15) is 4.79 Å². The first-order chi connectivity index (χ1) is 8.75. The highest BCUT2D eigenvalue weighted by molar-refractivity contribution is 14.0. The number of carbonyl (C=O) groups is 1. The highest BCUT2D eigenvalue weighted by Crippen LogP contribution is 2.17. The van der Waals surface area contributed by atoms with Crippen LogP contribution in [0.25, 0.3) is 0 Å². The Kier molecular flexibility index (Phi) is 6.49. The van der Waals surface area contributed by atoms with E-state index in [1.807, 2.05) is 42.5 Å². The Morgan fingerprint density at radius 1 is 1.11 bits per heavy atom. The molecule has 0 radical (unpaired) electrons. The molecule has 2 rings (SSSR count). The zero-order valence-corrected chi connectivity index (χ0v) is 13.1. The third-order valence-electron chi connectivity index (χ3n) is 2.70. The number of hydrogen-bond donors (Lipinski definition) is 1. The lowest BCUT2D eigenvalue weighted by Gasteiger charge is -2.09. The molecule has 1 heterocycles. The van der Waals surface area contributed by atoms with E-state index in [2.05, 4.69) is 10.3 Å². The molecule has 0 saturated heterocycles. The van der Waals surface area contributed by atoms with E-state index in [4.69, 9.17) is 0 Å². The number of para-hydroxylation sites is 1. The third kappa shape index (κ3) is 4.98. The van der Waals surface area contributed by atoms with Crippen LogP contribution in [0, 0.1) is 0 Å². The Bertz CT molecular complexity index is 529. The fourth-order valence-corrected chi connectivity index (χ4v) is 1.86. The molecule has 1 aromatic heterocycles. The number of aryl methyl sites for hydroxylation is 2. The van der Waals surface area contributed by atoms with Gasteiger partial charge in [-0.05, 0) is 36.6 Å². The summed E-state index contributed by atoms with van der Waals surface area (Å²) in [5.74, 6) is -0.0414. The summed E-state index contributed by atoms with van der Waals surface area (Å²) in [5, 5.41) is 2.85. The second-order valence-electron chi connectivity index (χ2n) is 4.16. The van der Waals surface area contributed by atoms with Crippen molar-refractivity contribution in [2.45, 2.75) is 19.8 Å². The molecule has 3 nitrogen and oxygen atoms in total. The summed E-state index contributed by atoms with van der Waals surface area (Å²) in [5.41, 5.74) is 3.09. The molecule has 0 aliphatic rings. The Balaban J connectivity index is 0.00000180. The summed E-state index contributed by atoms with van der Waals surface area (Å²) >= 11 is 0. The summed E-state index contributed by atoms with van der Waals surface area (Å²) in [6, 6.07) is 13.8. The van der Waals surface area contributed by atoms with Crippen molar-refractivity contribution in [2.24, 2.45) is 0 Å². The number of nitrogens with one attached hydrogen (secondary N) is 1. The van der Waals surface area contributed by atoms with Crippen LogP contribution in [-0.4, -0.2) is 10.9 Å². The van der Waals surface area contributed by atoms with E-state index in [0.29, 0.717) is 0 Å². The van der Waals surface area contributed by atoms with Crippen LogP contribution in [0.1, 0.15) is 18.2 Å². The molecule has 0 atom stereocenters. The van der Waals surface area contributed by atoms with Gasteiger partial charge in [0.2, 0.25) is 5.91 Å². The van der Waals surface area contributed by atoms with E-state index < -0.39 is 0 Å². The zero-order chi connectivity index (χ0) is 12.8. The third-order valence-corrected chi connectivity index (χ3v) is 2.70. The predicted octanol–water partition coefficient (Wildman–Crippen LogP) is 3.44. The molecular formula is C15H17IN2O. The summed E-state index contributed by atoms with van der Waals surface area (Å²) < 4.78 is 0. The van der Waals surface area contributed by atoms with Gasteiger partial charge in [0.25, 0.3) is 0 Å². The number of hydrogen-bond acceptors (Lipinski definition) is 2. The first-order valence-corrected chi connectivity index (χ1v) is 6.01. The van der Waals surface area contributed by atoms with E-state index in [0.717, 1.165) is 29.8 Å². The van der Waals surface area contributed by atoms with Gasteiger partial charge in [0.05, 0.1) is 0 Å². The highest BCUT2D eigenvalue weighted by atomic mass is 127. The topological polar surface area (TPSA) is 42.0 Å². The lowest BCUT2D eigenvalue weighted by atomic mass is 10.1. The highest BCUT2D eigenvalue weighted by Gasteiger charge is 2.03. The molecule has 2 aromatic rings. The molecule has 4 heteroatoms. The van der Waals surface area contributed by atoms with Crippen LogP contribution in [-0.2, 0) is 17.6 Å². The molecule has 1 aromatic carbocycles. The number of benzene rings is 1. The molecule has 1 amide bonds. The molecule has 0 fully saturated rings. The minimum atomic E-state index is -0.0414. The number of amides is 1. The van der Waals surface area contributed by atoms with Crippen molar-refractivity contribution in [2.75, 3.05) is 5.32 Å². The summed E-state index contributed by atoms with van der Waals surface area (Å²) in [4.78, 5) is 15.4. The maximum Gasteiger partial charge on any atom is 0.221 e. The lowest BCUT2D eigenvalue weighted by molar-refractivity contribution is -0.114. The molecule has 100 valence electrons. The first-order valence-electron chi connectivity index (χ1n) is 6.01. The van der Waals surface area contributed by atoms with Crippen LogP contribution >= 0.6 is 24.0 Å². The molecule has 0 aliphatic heterocycles. The maximum atomic E-state index is 11.1. The predicted molar refractivity (Wildman–Crippen MR) is 87.8 cm³/mol. The number of anilines is 1. The lowest BCUT2D eigenvalue weighted by Crippen LogP contribution is -2.08. The fraction of sp³-hybridized carbons (Fsp3) is 0.200. The van der Waals surface area contributed by atoms with Crippen molar-refractivity contribution >= 4 is 35.6 Å². The summed E-state index contributed by atoms with van der Waals surface area (Å²) in [7, 11) is 0. The molecule has 0 unspecified atom stereocenters. The average molecular weight is 368 g/mol. The van der Waals surface area contributed by atoms with Crippen LogP contribution in [0.5, 0.6) is 0 Å². The van der Waals surface area contributed by atoms with Crippen molar-refractivity contribution in [3.8, 4) is 0 Å². The fourth-order valence-electron chi connectivity index (χ4n) is 1.86. The second-order valence-corrected chi connectivity index (χ2v) is 4.16. The van der Waals surface area contributed by atoms with Crippen molar-refractivity contribution in [1.82, 2.24) is 4.98 Å². The molecule has 0 bridgehead atoms. The van der Waals surface area contributed by atoms with Gasteiger partial charge in [-0.1, -0.05) is 24.3 Å². The van der Waals surface area contributed by atoms with Gasteiger partial charge in [0.15, 0.2) is 0 Å². The second kappa shape index (κ2) is 7.89. The van der Waals surface area contributed by atoms with Crippen molar-refractivity contribution in [1.29, 1.82) is 0 Å². The van der Waals surface area contributed by atoms with Gasteiger partial charge in [0, 0.05) is 24.5 Å². The van der Waals surface area contributed by atoms with Gasteiger partial charge >= 0.3 is 0 Å². The molecular weight excluding hydrogens is 351 g/mol. The van der Waals surface area contributed by atoms with Crippen molar-refractivity contribution in [3.63, 3.8) is 0 Å². The van der Waals surface area contributed by atoms with Gasteiger partial charge in [-0.3, -0.25) is 9.78 Å². The Hall–Kier alpha value is -1.43. The SMILES string of the molecule is CC(=O)Nc1ccccc1CCc1ccccn1.I. The minimum absolute atomic E-state index is 0. The molecule has 0 saturated carbocycles. The monoisotopic (exact) mass is 368 g/mol. The first kappa shape index (κ1) is 15.6. The smallest absolute Gasteiger partial charge is 0.221 e. The molecule has 0 aliphatic carbocycles. The van der Waals surface area contributed by atoms with Crippen LogP contribution in [0.15, 0.2) is 48.7 Å². The average Bonchev–Trinajstić information content (AvgIpc) is 2.38. The van der Waals surface area contributed by atoms with Crippen LogP contribution in [0.2, 0.25) is 0 Å². The van der Waals surface area contributed by atoms with Crippen LogP contribution in [0.3, 0.4) is 0 Å². The van der Waals surface area contributed by atoms with Gasteiger partial charge < -0.3 is 5.32 Å². The molecule has 19 heavy (non-hydrogen) atoms. The van der Waals surface area contributed by atoms with E-state index in [1.165, 1.54) is 6.92 Å². The summed E-state index contributed by atoms with van der Waals surface area (Å²) in [6.45, 7) is 1.52. The number of aromatic nitrogens is 1. The number of carbonyl (C=O) groups excluding carboxylic acids is 1. The number of pyridine rings is 1. The van der Waals surface area contributed by atoms with E-state index in [1.54, 1.807) is 6.20 Å². The molecule has 1 N–H and O–H groups in total. The number of nitrogens with zero attached hydrogens (tertiary/aromatic N) is 1. The maximum absolute atomic E-state index is 11.1. The molecule has 0 spiro atoms. The minimum Gasteiger partial charge on any atom is -0.326 e. The quantitative estimate of drug-likeness (QED) is 0.841. The zero-order valence-electron chi connectivity index (χ0n) is 10.8. The van der Waals surface area contributed by atoms with Gasteiger partial charge in [0.1, 0.15) is 0 Å². The Morgan fingerprint density at radius 3 is 2.53 bits per heavy atom.